The third kappa shape index (κ3) is 2.92. The first kappa shape index (κ1) is 12.0. The van der Waals surface area contributed by atoms with E-state index in [1.165, 1.54) is 7.11 Å². The molecule has 0 aromatic carbocycles. The number of likely N-dealkylation sites (N-methyl/N-ethyl adjacent to an activating group) is 1. The van der Waals surface area contributed by atoms with E-state index in [9.17, 15) is 9.59 Å². The van der Waals surface area contributed by atoms with Gasteiger partial charge >= 0.3 is 5.97 Å². The van der Waals surface area contributed by atoms with Gasteiger partial charge in [0.25, 0.3) is 0 Å². The molecule has 1 N–H and O–H groups in total. The number of nitrogens with one attached hydrogen (secondary N) is 1. The molecule has 1 fully saturated rings. The summed E-state index contributed by atoms with van der Waals surface area (Å²) in [7, 11) is 3.24. The summed E-state index contributed by atoms with van der Waals surface area (Å²) in [4.78, 5) is 24.4. The second-order valence-corrected chi connectivity index (χ2v) is 3.83. The highest BCUT2D eigenvalue weighted by Crippen LogP contribution is 2.16. The molecule has 0 spiro atoms. The number of ether oxygens (including phenoxy) is 1. The average Bonchev–Trinajstić information content (AvgIpc) is 2.58. The number of rotatable bonds is 3. The molecule has 1 rings (SSSR count). The summed E-state index contributed by atoms with van der Waals surface area (Å²) in [6.07, 6.45) is 1.11. The van der Waals surface area contributed by atoms with Crippen LogP contribution in [0.5, 0.6) is 0 Å². The summed E-state index contributed by atoms with van der Waals surface area (Å²) in [6.45, 7) is 2.51. The highest BCUT2D eigenvalue weighted by Gasteiger charge is 2.35. The number of methoxy groups -OCH3 is 1. The maximum absolute atomic E-state index is 11.3. The SMILES string of the molecule is CCC(=O)NC1CC(C(=O)OC)N(C)C1. The van der Waals surface area contributed by atoms with Crippen molar-refractivity contribution in [3.63, 3.8) is 0 Å². The molecule has 5 nitrogen and oxygen atoms in total. The van der Waals surface area contributed by atoms with Gasteiger partial charge in [-0.25, -0.2) is 0 Å². The Morgan fingerprint density at radius 3 is 2.73 bits per heavy atom. The molecule has 0 aromatic heterocycles. The van der Waals surface area contributed by atoms with Crippen molar-refractivity contribution < 1.29 is 14.3 Å². The number of esters is 1. The first-order chi connectivity index (χ1) is 7.08. The summed E-state index contributed by atoms with van der Waals surface area (Å²) in [5.74, 6) is -0.204. The van der Waals surface area contributed by atoms with Gasteiger partial charge in [0.05, 0.1) is 7.11 Å². The van der Waals surface area contributed by atoms with E-state index < -0.39 is 0 Å². The van der Waals surface area contributed by atoms with Crippen LogP contribution in [-0.4, -0.2) is 49.6 Å². The Balaban J connectivity index is 2.48. The molecule has 1 amide bonds. The molecule has 0 saturated carbocycles. The van der Waals surface area contributed by atoms with E-state index in [1.807, 2.05) is 18.9 Å². The lowest BCUT2D eigenvalue weighted by Gasteiger charge is -2.15. The van der Waals surface area contributed by atoms with E-state index >= 15 is 0 Å². The molecular weight excluding hydrogens is 196 g/mol. The highest BCUT2D eigenvalue weighted by atomic mass is 16.5. The molecule has 1 aliphatic heterocycles. The number of amides is 1. The van der Waals surface area contributed by atoms with Gasteiger partial charge in [0.2, 0.25) is 5.91 Å². The Bertz CT molecular complexity index is 255. The van der Waals surface area contributed by atoms with Crippen molar-refractivity contribution in [2.75, 3.05) is 20.7 Å². The van der Waals surface area contributed by atoms with Crippen LogP contribution in [-0.2, 0) is 14.3 Å². The van der Waals surface area contributed by atoms with Crippen LogP contribution in [0, 0.1) is 0 Å². The number of hydrogen-bond donors (Lipinski definition) is 1. The predicted molar refractivity (Wildman–Crippen MR) is 55.3 cm³/mol. The molecule has 5 heteroatoms. The van der Waals surface area contributed by atoms with Gasteiger partial charge < -0.3 is 10.1 Å². The lowest BCUT2D eigenvalue weighted by atomic mass is 10.1. The molecule has 0 aliphatic carbocycles. The Morgan fingerprint density at radius 1 is 1.53 bits per heavy atom. The lowest BCUT2D eigenvalue weighted by molar-refractivity contribution is -0.145. The quantitative estimate of drug-likeness (QED) is 0.659. The van der Waals surface area contributed by atoms with Crippen molar-refractivity contribution in [3.8, 4) is 0 Å². The lowest BCUT2D eigenvalue weighted by Crippen LogP contribution is -2.36. The van der Waals surface area contributed by atoms with Crippen LogP contribution in [0.25, 0.3) is 0 Å². The predicted octanol–water partition coefficient (Wildman–Crippen LogP) is -0.242. The largest absolute Gasteiger partial charge is 0.468 e. The standard InChI is InChI=1S/C10H18N2O3/c1-4-9(13)11-7-5-8(10(14)15-3)12(2)6-7/h7-8H,4-6H2,1-3H3,(H,11,13). The third-order valence-corrected chi connectivity index (χ3v) is 2.71. The van der Waals surface area contributed by atoms with Crippen molar-refractivity contribution in [1.82, 2.24) is 10.2 Å². The molecule has 0 radical (unpaired) electrons. The number of carbonyl (C=O) groups excluding carboxylic acids is 2. The van der Waals surface area contributed by atoms with Crippen LogP contribution < -0.4 is 5.32 Å². The second kappa shape index (κ2) is 5.11. The van der Waals surface area contributed by atoms with Gasteiger partial charge in [-0.3, -0.25) is 14.5 Å². The highest BCUT2D eigenvalue weighted by molar-refractivity contribution is 5.78. The molecule has 1 heterocycles. The Kier molecular flexibility index (Phi) is 4.08. The van der Waals surface area contributed by atoms with E-state index in [-0.39, 0.29) is 24.0 Å². The van der Waals surface area contributed by atoms with Crippen molar-refractivity contribution in [1.29, 1.82) is 0 Å². The second-order valence-electron chi connectivity index (χ2n) is 3.83. The molecule has 86 valence electrons. The minimum Gasteiger partial charge on any atom is -0.468 e. The first-order valence-electron chi connectivity index (χ1n) is 5.16. The fraction of sp³-hybridized carbons (Fsp3) is 0.800. The van der Waals surface area contributed by atoms with Crippen molar-refractivity contribution in [3.05, 3.63) is 0 Å². The fourth-order valence-electron chi connectivity index (χ4n) is 1.85. The van der Waals surface area contributed by atoms with Crippen molar-refractivity contribution >= 4 is 11.9 Å². The van der Waals surface area contributed by atoms with E-state index in [0.717, 1.165) is 0 Å². The number of carbonyl (C=O) groups is 2. The zero-order chi connectivity index (χ0) is 11.4. The van der Waals surface area contributed by atoms with E-state index in [1.54, 1.807) is 0 Å². The van der Waals surface area contributed by atoms with Crippen LogP contribution >= 0.6 is 0 Å². The molecule has 2 atom stereocenters. The molecular formula is C10H18N2O3. The zero-order valence-corrected chi connectivity index (χ0v) is 9.45. The van der Waals surface area contributed by atoms with Crippen molar-refractivity contribution in [2.24, 2.45) is 0 Å². The van der Waals surface area contributed by atoms with Crippen LogP contribution in [0.15, 0.2) is 0 Å². The summed E-state index contributed by atoms with van der Waals surface area (Å²) >= 11 is 0. The normalized spacial score (nSPS) is 26.3. The van der Waals surface area contributed by atoms with E-state index in [4.69, 9.17) is 4.74 Å². The summed E-state index contributed by atoms with van der Waals surface area (Å²) in [5.41, 5.74) is 0. The minimum atomic E-state index is -0.231. The monoisotopic (exact) mass is 214 g/mol. The number of likely N-dealkylation sites (tertiary alicyclic amines) is 1. The molecule has 0 aromatic rings. The molecule has 0 bridgehead atoms. The van der Waals surface area contributed by atoms with Crippen LogP contribution in [0.2, 0.25) is 0 Å². The maximum atomic E-state index is 11.3. The van der Waals surface area contributed by atoms with Gasteiger partial charge in [0.1, 0.15) is 6.04 Å². The molecule has 1 aliphatic rings. The maximum Gasteiger partial charge on any atom is 0.323 e. The van der Waals surface area contributed by atoms with Gasteiger partial charge in [-0.2, -0.15) is 0 Å². The van der Waals surface area contributed by atoms with Gasteiger partial charge in [0, 0.05) is 19.0 Å². The van der Waals surface area contributed by atoms with Crippen molar-refractivity contribution in [2.45, 2.75) is 31.8 Å². The third-order valence-electron chi connectivity index (χ3n) is 2.71. The smallest absolute Gasteiger partial charge is 0.323 e. The molecule has 1 saturated heterocycles. The average molecular weight is 214 g/mol. The van der Waals surface area contributed by atoms with Crippen LogP contribution in [0.1, 0.15) is 19.8 Å². The summed E-state index contributed by atoms with van der Waals surface area (Å²) in [6, 6.07) is -0.163. The molecule has 2 unspecified atom stereocenters. The van der Waals surface area contributed by atoms with Gasteiger partial charge in [-0.05, 0) is 13.5 Å². The Labute approximate surface area is 89.8 Å². The van der Waals surface area contributed by atoms with Crippen LogP contribution in [0.3, 0.4) is 0 Å². The Hall–Kier alpha value is -1.10. The van der Waals surface area contributed by atoms with Crippen LogP contribution in [0.4, 0.5) is 0 Å². The first-order valence-corrected chi connectivity index (χ1v) is 5.16. The van der Waals surface area contributed by atoms with E-state index in [0.29, 0.717) is 19.4 Å². The van der Waals surface area contributed by atoms with Gasteiger partial charge in [-0.15, -0.1) is 0 Å². The minimum absolute atomic E-state index is 0.0268. The van der Waals surface area contributed by atoms with Gasteiger partial charge in [-0.1, -0.05) is 6.92 Å². The molecule has 15 heavy (non-hydrogen) atoms. The van der Waals surface area contributed by atoms with Gasteiger partial charge in [0.15, 0.2) is 0 Å². The van der Waals surface area contributed by atoms with E-state index in [2.05, 4.69) is 5.32 Å². The Morgan fingerprint density at radius 2 is 2.20 bits per heavy atom. The number of nitrogens with zero attached hydrogens (tertiary/aromatic N) is 1. The summed E-state index contributed by atoms with van der Waals surface area (Å²) in [5, 5.41) is 2.88. The zero-order valence-electron chi connectivity index (χ0n) is 9.45. The topological polar surface area (TPSA) is 58.6 Å². The summed E-state index contributed by atoms with van der Waals surface area (Å²) < 4.78 is 4.69. The number of hydrogen-bond acceptors (Lipinski definition) is 4. The fourth-order valence-corrected chi connectivity index (χ4v) is 1.85.